The number of hydrogen-bond donors (Lipinski definition) is 0. The molecule has 0 atom stereocenters. The number of non-ortho nitro benzene ring substituents is 1. The van der Waals surface area contributed by atoms with E-state index in [0.717, 1.165) is 16.4 Å². The molecule has 21 heavy (non-hydrogen) atoms. The zero-order chi connectivity index (χ0) is 15.1. The van der Waals surface area contributed by atoms with E-state index in [4.69, 9.17) is 11.6 Å². The minimum atomic E-state index is -0.603. The molecular formula is C13H9ClN4O3. The summed E-state index contributed by atoms with van der Waals surface area (Å²) in [7, 11) is 0. The van der Waals surface area contributed by atoms with E-state index in [-0.39, 0.29) is 21.7 Å². The van der Waals surface area contributed by atoms with Gasteiger partial charge in [0.05, 0.1) is 16.1 Å². The van der Waals surface area contributed by atoms with Crippen molar-refractivity contribution >= 4 is 28.3 Å². The van der Waals surface area contributed by atoms with Crippen molar-refractivity contribution in [1.29, 1.82) is 0 Å². The number of nitro benzene ring substituents is 1. The smallest absolute Gasteiger partial charge is 0.275 e. The molecule has 7 nitrogen and oxygen atoms in total. The maximum atomic E-state index is 12.3. The summed E-state index contributed by atoms with van der Waals surface area (Å²) in [6.45, 7) is 1.93. The summed E-state index contributed by atoms with van der Waals surface area (Å²) in [6.07, 6.45) is 0. The Morgan fingerprint density at radius 3 is 2.57 bits per heavy atom. The summed E-state index contributed by atoms with van der Waals surface area (Å²) in [5.74, 6) is 0. The summed E-state index contributed by atoms with van der Waals surface area (Å²) < 4.78 is 0. The number of halogens is 1. The van der Waals surface area contributed by atoms with E-state index in [1.54, 1.807) is 12.1 Å². The highest BCUT2D eigenvalue weighted by molar-refractivity contribution is 6.35. The van der Waals surface area contributed by atoms with E-state index < -0.39 is 4.92 Å². The largest absolute Gasteiger partial charge is 0.692 e. The van der Waals surface area contributed by atoms with Crippen molar-refractivity contribution in [2.75, 3.05) is 0 Å². The number of nitro groups is 1. The van der Waals surface area contributed by atoms with Gasteiger partial charge in [0, 0.05) is 6.07 Å². The number of rotatable bonds is 2. The molecule has 0 amide bonds. The molecule has 0 saturated carbocycles. The Morgan fingerprint density at radius 2 is 1.95 bits per heavy atom. The van der Waals surface area contributed by atoms with E-state index in [1.807, 2.05) is 19.1 Å². The van der Waals surface area contributed by atoms with Crippen LogP contribution in [0.3, 0.4) is 0 Å². The van der Waals surface area contributed by atoms with Crippen LogP contribution >= 0.6 is 11.6 Å². The van der Waals surface area contributed by atoms with Crippen LogP contribution in [0.5, 0.6) is 0 Å². The molecule has 0 N–H and O–H groups in total. The van der Waals surface area contributed by atoms with Gasteiger partial charge in [-0.15, -0.1) is 4.85 Å². The van der Waals surface area contributed by atoms with Crippen molar-refractivity contribution in [3.63, 3.8) is 0 Å². The summed E-state index contributed by atoms with van der Waals surface area (Å²) in [4.78, 5) is 11.8. The highest BCUT2D eigenvalue weighted by atomic mass is 35.5. The molecule has 0 radical (unpaired) electrons. The molecule has 2 aromatic carbocycles. The Balaban J connectivity index is 2.26. The molecule has 0 bridgehead atoms. The summed E-state index contributed by atoms with van der Waals surface area (Å²) in [5.41, 5.74) is 1.61. The summed E-state index contributed by atoms with van der Waals surface area (Å²) in [6, 6.07) is 9.48. The Kier molecular flexibility index (Phi) is 2.99. The predicted molar refractivity (Wildman–Crippen MR) is 76.4 cm³/mol. The monoisotopic (exact) mass is 304 g/mol. The third-order valence-corrected chi connectivity index (χ3v) is 3.36. The first-order valence-electron chi connectivity index (χ1n) is 6.01. The SMILES string of the molecule is Cc1ccc(-n2nc3c(Cl)cc([N+](=O)[O-])cc3[n+]2[O-])cc1. The van der Waals surface area contributed by atoms with Crippen LogP contribution in [0.2, 0.25) is 5.02 Å². The van der Waals surface area contributed by atoms with Crippen molar-refractivity contribution in [2.24, 2.45) is 0 Å². The lowest BCUT2D eigenvalue weighted by atomic mass is 10.2. The first-order chi connectivity index (χ1) is 9.97. The molecular weight excluding hydrogens is 296 g/mol. The lowest BCUT2D eigenvalue weighted by Gasteiger charge is -2.03. The van der Waals surface area contributed by atoms with Crippen LogP contribution in [-0.4, -0.2) is 14.8 Å². The summed E-state index contributed by atoms with van der Waals surface area (Å²) >= 11 is 5.97. The minimum absolute atomic E-state index is 0.0507. The molecule has 1 heterocycles. The molecule has 0 spiro atoms. The average molecular weight is 305 g/mol. The summed E-state index contributed by atoms with van der Waals surface area (Å²) in [5, 5.41) is 27.3. The second kappa shape index (κ2) is 4.71. The molecule has 0 saturated heterocycles. The molecule has 0 aliphatic carbocycles. The van der Waals surface area contributed by atoms with Gasteiger partial charge in [-0.1, -0.05) is 29.3 Å². The van der Waals surface area contributed by atoms with Crippen LogP contribution in [0.1, 0.15) is 5.56 Å². The number of nitrogens with zero attached hydrogens (tertiary/aromatic N) is 4. The van der Waals surface area contributed by atoms with Crippen molar-refractivity contribution in [3.05, 3.63) is 62.3 Å². The van der Waals surface area contributed by atoms with E-state index >= 15 is 0 Å². The molecule has 106 valence electrons. The van der Waals surface area contributed by atoms with Crippen LogP contribution in [0.25, 0.3) is 16.7 Å². The molecule has 1 aromatic heterocycles. The van der Waals surface area contributed by atoms with Crippen LogP contribution in [0.4, 0.5) is 5.69 Å². The average Bonchev–Trinajstić information content (AvgIpc) is 2.78. The van der Waals surface area contributed by atoms with Crippen LogP contribution in [0, 0.1) is 22.2 Å². The lowest BCUT2D eigenvalue weighted by Crippen LogP contribution is -2.37. The van der Waals surface area contributed by atoms with Gasteiger partial charge in [0.2, 0.25) is 5.52 Å². The first kappa shape index (κ1) is 13.3. The van der Waals surface area contributed by atoms with Gasteiger partial charge >= 0.3 is 0 Å². The predicted octanol–water partition coefficient (Wildman–Crippen LogP) is 2.53. The Bertz CT molecular complexity index is 858. The van der Waals surface area contributed by atoms with Gasteiger partial charge in [0.15, 0.2) is 0 Å². The standard InChI is InChI=1S/C13H9ClN4O3/c1-8-2-4-9(5-3-8)16-15-13-11(14)6-10(18(20)21)7-12(13)17(16)19/h2-7H,1H3. The molecule has 3 aromatic rings. The van der Waals surface area contributed by atoms with Crippen molar-refractivity contribution < 1.29 is 9.77 Å². The van der Waals surface area contributed by atoms with E-state index in [2.05, 4.69) is 5.10 Å². The minimum Gasteiger partial charge on any atom is -0.692 e. The quantitative estimate of drug-likeness (QED) is 0.315. The van der Waals surface area contributed by atoms with Crippen LogP contribution in [0.15, 0.2) is 36.4 Å². The molecule has 0 aliphatic rings. The van der Waals surface area contributed by atoms with Crippen molar-refractivity contribution in [2.45, 2.75) is 6.92 Å². The highest BCUT2D eigenvalue weighted by Crippen LogP contribution is 2.26. The Labute approximate surface area is 123 Å². The third-order valence-electron chi connectivity index (χ3n) is 3.08. The molecule has 8 heteroatoms. The van der Waals surface area contributed by atoms with E-state index in [9.17, 15) is 15.3 Å². The fourth-order valence-corrected chi connectivity index (χ4v) is 2.25. The molecule has 0 aliphatic heterocycles. The first-order valence-corrected chi connectivity index (χ1v) is 6.39. The second-order valence-corrected chi connectivity index (χ2v) is 4.96. The van der Waals surface area contributed by atoms with Crippen molar-refractivity contribution in [3.8, 4) is 5.69 Å². The maximum absolute atomic E-state index is 12.3. The highest BCUT2D eigenvalue weighted by Gasteiger charge is 2.23. The number of benzene rings is 2. The van der Waals surface area contributed by atoms with Crippen LogP contribution in [-0.2, 0) is 0 Å². The number of aromatic nitrogens is 3. The normalized spacial score (nSPS) is 11.0. The van der Waals surface area contributed by atoms with Crippen LogP contribution < -0.4 is 4.85 Å². The lowest BCUT2D eigenvalue weighted by molar-refractivity contribution is -0.664. The van der Waals surface area contributed by atoms with Gasteiger partial charge in [-0.05, 0) is 23.9 Å². The number of aryl methyl sites for hydroxylation is 1. The van der Waals surface area contributed by atoms with Gasteiger partial charge in [0.1, 0.15) is 10.7 Å². The maximum Gasteiger partial charge on any atom is 0.275 e. The molecule has 3 rings (SSSR count). The van der Waals surface area contributed by atoms with E-state index in [1.165, 1.54) is 6.07 Å². The van der Waals surface area contributed by atoms with Gasteiger partial charge < -0.3 is 5.21 Å². The molecule has 0 unspecified atom stereocenters. The Morgan fingerprint density at radius 1 is 1.29 bits per heavy atom. The van der Waals surface area contributed by atoms with Gasteiger partial charge in [-0.3, -0.25) is 10.1 Å². The zero-order valence-electron chi connectivity index (χ0n) is 10.9. The van der Waals surface area contributed by atoms with Gasteiger partial charge in [0.25, 0.3) is 11.2 Å². The van der Waals surface area contributed by atoms with Gasteiger partial charge in [-0.25, -0.2) is 0 Å². The molecule has 0 fully saturated rings. The fraction of sp³-hybridized carbons (Fsp3) is 0.0769. The van der Waals surface area contributed by atoms with Gasteiger partial charge in [-0.2, -0.15) is 0 Å². The topological polar surface area (TPSA) is 87.9 Å². The van der Waals surface area contributed by atoms with Crippen molar-refractivity contribution in [1.82, 2.24) is 9.90 Å². The second-order valence-electron chi connectivity index (χ2n) is 4.55. The van der Waals surface area contributed by atoms with E-state index in [0.29, 0.717) is 10.5 Å². The number of hydrogen-bond acceptors (Lipinski definition) is 4. The number of fused-ring (bicyclic) bond motifs is 1. The fourth-order valence-electron chi connectivity index (χ4n) is 2.00. The third kappa shape index (κ3) is 2.17. The Hall–Kier alpha value is -2.67. The zero-order valence-corrected chi connectivity index (χ0v) is 11.6.